The standard InChI is InChI=1S/C15H24N2O4/c1-4-5-8-21-15-13(17(18)19)9-12(7-6-11(2)16)10-14(15)20-3/h9-11H,4-8,16H2,1-3H3. The summed E-state index contributed by atoms with van der Waals surface area (Å²) >= 11 is 0. The number of methoxy groups -OCH3 is 1. The normalized spacial score (nSPS) is 12.0. The van der Waals surface area contributed by atoms with Crippen LogP contribution in [0, 0.1) is 10.1 Å². The number of nitrogens with zero attached hydrogens (tertiary/aromatic N) is 1. The Morgan fingerprint density at radius 3 is 2.67 bits per heavy atom. The number of benzene rings is 1. The lowest BCUT2D eigenvalue weighted by Crippen LogP contribution is -2.15. The maximum atomic E-state index is 11.3. The fourth-order valence-corrected chi connectivity index (χ4v) is 1.93. The number of rotatable bonds is 9. The first kappa shape index (κ1) is 17.2. The van der Waals surface area contributed by atoms with Gasteiger partial charge in [-0.15, -0.1) is 0 Å². The smallest absolute Gasteiger partial charge is 0.315 e. The average molecular weight is 296 g/mol. The zero-order valence-corrected chi connectivity index (χ0v) is 12.9. The van der Waals surface area contributed by atoms with Crippen LogP contribution in [0.3, 0.4) is 0 Å². The minimum absolute atomic E-state index is 0.0508. The van der Waals surface area contributed by atoms with Crippen LogP contribution in [0.25, 0.3) is 0 Å². The van der Waals surface area contributed by atoms with Crippen LogP contribution >= 0.6 is 0 Å². The second-order valence-corrected chi connectivity index (χ2v) is 5.12. The highest BCUT2D eigenvalue weighted by molar-refractivity contribution is 5.58. The van der Waals surface area contributed by atoms with Crippen molar-refractivity contribution in [3.05, 3.63) is 27.8 Å². The number of unbranched alkanes of at least 4 members (excludes halogenated alkanes) is 1. The van der Waals surface area contributed by atoms with Crippen molar-refractivity contribution in [2.75, 3.05) is 13.7 Å². The van der Waals surface area contributed by atoms with E-state index in [-0.39, 0.29) is 17.5 Å². The van der Waals surface area contributed by atoms with Gasteiger partial charge in [-0.3, -0.25) is 10.1 Å². The SMILES string of the molecule is CCCCOc1c(OC)cc(CCC(C)N)cc1[N+](=O)[O-]. The summed E-state index contributed by atoms with van der Waals surface area (Å²) in [5.41, 5.74) is 6.51. The maximum absolute atomic E-state index is 11.3. The summed E-state index contributed by atoms with van der Waals surface area (Å²) in [7, 11) is 1.49. The van der Waals surface area contributed by atoms with Gasteiger partial charge in [-0.05, 0) is 37.8 Å². The molecule has 1 aromatic rings. The summed E-state index contributed by atoms with van der Waals surface area (Å²) in [4.78, 5) is 10.8. The van der Waals surface area contributed by atoms with Gasteiger partial charge in [0, 0.05) is 12.1 Å². The molecule has 0 radical (unpaired) electrons. The first-order chi connectivity index (χ1) is 9.99. The topological polar surface area (TPSA) is 87.6 Å². The van der Waals surface area contributed by atoms with Gasteiger partial charge in [0.15, 0.2) is 5.75 Å². The van der Waals surface area contributed by atoms with Crippen LogP contribution in [-0.2, 0) is 6.42 Å². The van der Waals surface area contributed by atoms with Crippen LogP contribution in [0.2, 0.25) is 0 Å². The van der Waals surface area contributed by atoms with Crippen molar-refractivity contribution in [1.82, 2.24) is 0 Å². The van der Waals surface area contributed by atoms with Crippen LogP contribution in [0.4, 0.5) is 5.69 Å². The van der Waals surface area contributed by atoms with Gasteiger partial charge >= 0.3 is 5.69 Å². The minimum atomic E-state index is -0.431. The quantitative estimate of drug-likeness (QED) is 0.430. The molecule has 1 unspecified atom stereocenters. The molecule has 2 N–H and O–H groups in total. The molecule has 0 aromatic heterocycles. The van der Waals surface area contributed by atoms with Gasteiger partial charge < -0.3 is 15.2 Å². The molecule has 118 valence electrons. The van der Waals surface area contributed by atoms with Crippen LogP contribution in [-0.4, -0.2) is 24.7 Å². The van der Waals surface area contributed by atoms with E-state index in [0.717, 1.165) is 24.8 Å². The highest BCUT2D eigenvalue weighted by Crippen LogP contribution is 2.38. The van der Waals surface area contributed by atoms with Crippen molar-refractivity contribution in [2.24, 2.45) is 5.73 Å². The molecule has 1 atom stereocenters. The highest BCUT2D eigenvalue weighted by Gasteiger charge is 2.22. The lowest BCUT2D eigenvalue weighted by Gasteiger charge is -2.13. The van der Waals surface area contributed by atoms with E-state index in [1.165, 1.54) is 7.11 Å². The number of nitro benzene ring substituents is 1. The fraction of sp³-hybridized carbons (Fsp3) is 0.600. The molecule has 6 heteroatoms. The predicted molar refractivity (Wildman–Crippen MR) is 82.0 cm³/mol. The fourth-order valence-electron chi connectivity index (χ4n) is 1.93. The van der Waals surface area contributed by atoms with Gasteiger partial charge in [0.1, 0.15) is 0 Å². The number of hydrogen-bond donors (Lipinski definition) is 1. The number of hydrogen-bond acceptors (Lipinski definition) is 5. The number of nitro groups is 1. The number of ether oxygens (including phenoxy) is 2. The molecule has 0 amide bonds. The zero-order chi connectivity index (χ0) is 15.8. The van der Waals surface area contributed by atoms with E-state index < -0.39 is 4.92 Å². The largest absolute Gasteiger partial charge is 0.493 e. The second kappa shape index (κ2) is 8.46. The lowest BCUT2D eigenvalue weighted by molar-refractivity contribution is -0.386. The Labute approximate surface area is 125 Å². The molecule has 0 saturated carbocycles. The lowest BCUT2D eigenvalue weighted by atomic mass is 10.0. The van der Waals surface area contributed by atoms with E-state index in [0.29, 0.717) is 18.8 Å². The van der Waals surface area contributed by atoms with Crippen molar-refractivity contribution < 1.29 is 14.4 Å². The Hall–Kier alpha value is -1.82. The average Bonchev–Trinajstić information content (AvgIpc) is 2.45. The molecule has 0 aliphatic rings. The summed E-state index contributed by atoms with van der Waals surface area (Å²) in [6, 6.07) is 3.39. The summed E-state index contributed by atoms with van der Waals surface area (Å²) < 4.78 is 10.8. The molecule has 0 heterocycles. The maximum Gasteiger partial charge on any atom is 0.315 e. The Morgan fingerprint density at radius 1 is 1.43 bits per heavy atom. The summed E-state index contributed by atoms with van der Waals surface area (Å²) in [6.45, 7) is 4.38. The summed E-state index contributed by atoms with van der Waals surface area (Å²) in [5, 5.41) is 11.3. The van der Waals surface area contributed by atoms with Crippen LogP contribution < -0.4 is 15.2 Å². The molecular weight excluding hydrogens is 272 g/mol. The molecule has 0 aliphatic heterocycles. The predicted octanol–water partition coefficient (Wildman–Crippen LogP) is 3.06. The van der Waals surface area contributed by atoms with E-state index >= 15 is 0 Å². The number of nitrogens with two attached hydrogens (primary N) is 1. The molecule has 1 aromatic carbocycles. The second-order valence-electron chi connectivity index (χ2n) is 5.12. The molecule has 21 heavy (non-hydrogen) atoms. The van der Waals surface area contributed by atoms with E-state index in [1.54, 1.807) is 12.1 Å². The molecule has 0 fully saturated rings. The third-order valence-corrected chi connectivity index (χ3v) is 3.14. The molecular formula is C15H24N2O4. The van der Waals surface area contributed by atoms with E-state index in [1.807, 2.05) is 13.8 Å². The summed E-state index contributed by atoms with van der Waals surface area (Å²) in [5.74, 6) is 0.612. The first-order valence-corrected chi connectivity index (χ1v) is 7.23. The van der Waals surface area contributed by atoms with Gasteiger partial charge in [-0.2, -0.15) is 0 Å². The van der Waals surface area contributed by atoms with E-state index in [2.05, 4.69) is 0 Å². The molecule has 6 nitrogen and oxygen atoms in total. The van der Waals surface area contributed by atoms with Gasteiger partial charge in [0.2, 0.25) is 5.75 Å². The van der Waals surface area contributed by atoms with Crippen molar-refractivity contribution in [3.63, 3.8) is 0 Å². The highest BCUT2D eigenvalue weighted by atomic mass is 16.6. The monoisotopic (exact) mass is 296 g/mol. The van der Waals surface area contributed by atoms with Gasteiger partial charge in [0.05, 0.1) is 18.6 Å². The molecule has 0 aliphatic carbocycles. The van der Waals surface area contributed by atoms with E-state index in [9.17, 15) is 10.1 Å². The van der Waals surface area contributed by atoms with Crippen LogP contribution in [0.1, 0.15) is 38.7 Å². The van der Waals surface area contributed by atoms with Crippen molar-refractivity contribution >= 4 is 5.69 Å². The van der Waals surface area contributed by atoms with Gasteiger partial charge in [-0.25, -0.2) is 0 Å². The van der Waals surface area contributed by atoms with Crippen LogP contribution in [0.5, 0.6) is 11.5 Å². The molecule has 0 bridgehead atoms. The Kier molecular flexibility index (Phi) is 6.94. The summed E-state index contributed by atoms with van der Waals surface area (Å²) in [6.07, 6.45) is 3.23. The third-order valence-electron chi connectivity index (χ3n) is 3.14. The van der Waals surface area contributed by atoms with Crippen molar-refractivity contribution in [1.29, 1.82) is 0 Å². The van der Waals surface area contributed by atoms with E-state index in [4.69, 9.17) is 15.2 Å². The molecule has 1 rings (SSSR count). The zero-order valence-electron chi connectivity index (χ0n) is 12.9. The van der Waals surface area contributed by atoms with Gasteiger partial charge in [0.25, 0.3) is 0 Å². The molecule has 0 spiro atoms. The first-order valence-electron chi connectivity index (χ1n) is 7.23. The molecule has 0 saturated heterocycles. The Bertz CT molecular complexity index is 475. The van der Waals surface area contributed by atoms with Crippen molar-refractivity contribution in [2.45, 2.75) is 45.6 Å². The Balaban J connectivity index is 3.07. The third kappa shape index (κ3) is 5.23. The van der Waals surface area contributed by atoms with Crippen molar-refractivity contribution in [3.8, 4) is 11.5 Å². The number of aryl methyl sites for hydroxylation is 1. The van der Waals surface area contributed by atoms with Gasteiger partial charge in [-0.1, -0.05) is 13.3 Å². The Morgan fingerprint density at radius 2 is 2.14 bits per heavy atom. The van der Waals surface area contributed by atoms with Crippen LogP contribution in [0.15, 0.2) is 12.1 Å². The minimum Gasteiger partial charge on any atom is -0.493 e.